The Hall–Kier alpha value is -2.16. The Kier molecular flexibility index (Phi) is 4.75. The predicted octanol–water partition coefficient (Wildman–Crippen LogP) is 3.83. The van der Waals surface area contributed by atoms with Crippen LogP contribution in [-0.2, 0) is 13.1 Å². The van der Waals surface area contributed by atoms with Gasteiger partial charge in [0.15, 0.2) is 0 Å². The average Bonchev–Trinajstić information content (AvgIpc) is 3.01. The highest BCUT2D eigenvalue weighted by Crippen LogP contribution is 2.39. The first-order valence-electron chi connectivity index (χ1n) is 8.02. The van der Waals surface area contributed by atoms with Crippen molar-refractivity contribution in [3.05, 3.63) is 101 Å². The lowest BCUT2D eigenvalue weighted by Gasteiger charge is -2.23. The van der Waals surface area contributed by atoms with Crippen LogP contribution in [0.2, 0.25) is 0 Å². The van der Waals surface area contributed by atoms with Crippen LogP contribution in [0.15, 0.2) is 72.3 Å². The second-order valence-electron chi connectivity index (χ2n) is 6.05. The molecular formula is C21H23N2. The van der Waals surface area contributed by atoms with E-state index in [1.165, 1.54) is 22.6 Å². The van der Waals surface area contributed by atoms with Crippen molar-refractivity contribution in [2.24, 2.45) is 11.5 Å². The van der Waals surface area contributed by atoms with E-state index in [2.05, 4.69) is 73.7 Å². The molecule has 4 N–H and O–H groups in total. The van der Waals surface area contributed by atoms with Gasteiger partial charge >= 0.3 is 0 Å². The van der Waals surface area contributed by atoms with Crippen molar-refractivity contribution in [3.63, 3.8) is 0 Å². The van der Waals surface area contributed by atoms with Gasteiger partial charge in [0.2, 0.25) is 0 Å². The van der Waals surface area contributed by atoms with Crippen molar-refractivity contribution in [1.29, 1.82) is 0 Å². The largest absolute Gasteiger partial charge is 0.326 e. The molecule has 117 valence electrons. The van der Waals surface area contributed by atoms with E-state index < -0.39 is 0 Å². The Morgan fingerprint density at radius 2 is 1.39 bits per heavy atom. The zero-order valence-corrected chi connectivity index (χ0v) is 13.5. The fourth-order valence-electron chi connectivity index (χ4n) is 3.14. The van der Waals surface area contributed by atoms with E-state index in [4.69, 9.17) is 11.5 Å². The lowest BCUT2D eigenvalue weighted by molar-refractivity contribution is 0.894. The van der Waals surface area contributed by atoms with Gasteiger partial charge in [0.05, 0.1) is 0 Å². The molecule has 2 aromatic carbocycles. The molecule has 0 saturated heterocycles. The summed E-state index contributed by atoms with van der Waals surface area (Å²) in [5, 5.41) is 0. The first-order valence-corrected chi connectivity index (χ1v) is 8.02. The Morgan fingerprint density at radius 1 is 0.826 bits per heavy atom. The summed E-state index contributed by atoms with van der Waals surface area (Å²) in [4.78, 5) is 0. The molecular weight excluding hydrogens is 280 g/mol. The van der Waals surface area contributed by atoms with Crippen LogP contribution in [0.3, 0.4) is 0 Å². The van der Waals surface area contributed by atoms with Gasteiger partial charge in [-0.15, -0.1) is 0 Å². The van der Waals surface area contributed by atoms with Crippen LogP contribution in [0.5, 0.6) is 0 Å². The minimum atomic E-state index is 0.210. The highest BCUT2D eigenvalue weighted by Gasteiger charge is 2.24. The predicted molar refractivity (Wildman–Crippen MR) is 96.6 cm³/mol. The Balaban J connectivity index is 2.08. The Bertz CT molecular complexity index is 696. The normalized spacial score (nSPS) is 14.5. The van der Waals surface area contributed by atoms with Crippen LogP contribution in [0, 0.1) is 5.92 Å². The summed E-state index contributed by atoms with van der Waals surface area (Å²) in [5.74, 6) is 1.52. The summed E-state index contributed by atoms with van der Waals surface area (Å²) in [6.45, 7) is 3.25. The maximum Gasteiger partial charge on any atom is 0.0315 e. The molecule has 1 aliphatic rings. The smallest absolute Gasteiger partial charge is 0.0315 e. The summed E-state index contributed by atoms with van der Waals surface area (Å²) in [6, 6.07) is 17.1. The number of rotatable bonds is 5. The monoisotopic (exact) mass is 303 g/mol. The molecule has 0 amide bonds. The van der Waals surface area contributed by atoms with E-state index in [1.807, 2.05) is 0 Å². The van der Waals surface area contributed by atoms with Crippen molar-refractivity contribution in [2.75, 3.05) is 0 Å². The number of benzene rings is 2. The maximum atomic E-state index is 5.83. The summed E-state index contributed by atoms with van der Waals surface area (Å²) >= 11 is 0. The molecule has 0 aromatic heterocycles. The molecule has 0 atom stereocenters. The molecule has 2 aromatic rings. The molecule has 1 radical (unpaired) electrons. The Labute approximate surface area is 138 Å². The van der Waals surface area contributed by atoms with Crippen LogP contribution in [0.4, 0.5) is 0 Å². The molecule has 2 nitrogen and oxygen atoms in total. The van der Waals surface area contributed by atoms with Crippen molar-refractivity contribution in [3.8, 4) is 0 Å². The fourth-order valence-corrected chi connectivity index (χ4v) is 3.14. The van der Waals surface area contributed by atoms with E-state index in [0.29, 0.717) is 13.1 Å². The zero-order chi connectivity index (χ0) is 16.2. The molecule has 0 heterocycles. The van der Waals surface area contributed by atoms with E-state index in [-0.39, 0.29) is 5.92 Å². The second kappa shape index (κ2) is 6.95. The highest BCUT2D eigenvalue weighted by atomic mass is 14.5. The fraction of sp³-hybridized carbons (Fsp3) is 0.190. The number of hydrogen-bond acceptors (Lipinski definition) is 2. The topological polar surface area (TPSA) is 52.0 Å². The van der Waals surface area contributed by atoms with Crippen LogP contribution in [-0.4, -0.2) is 0 Å². The SMILES string of the molecule is CC1=C[C](C(c2cccc(CN)c2)c2cccc(CN)c2)C=C1. The summed E-state index contributed by atoms with van der Waals surface area (Å²) in [7, 11) is 0. The van der Waals surface area contributed by atoms with E-state index in [9.17, 15) is 0 Å². The van der Waals surface area contributed by atoms with Crippen LogP contribution in [0.1, 0.15) is 35.1 Å². The second-order valence-corrected chi connectivity index (χ2v) is 6.05. The van der Waals surface area contributed by atoms with Crippen molar-refractivity contribution in [2.45, 2.75) is 25.9 Å². The summed E-state index contributed by atoms with van der Waals surface area (Å²) < 4.78 is 0. The quantitative estimate of drug-likeness (QED) is 0.882. The Morgan fingerprint density at radius 3 is 1.83 bits per heavy atom. The van der Waals surface area contributed by atoms with Crippen molar-refractivity contribution in [1.82, 2.24) is 0 Å². The highest BCUT2D eigenvalue weighted by molar-refractivity contribution is 5.52. The minimum Gasteiger partial charge on any atom is -0.326 e. The van der Waals surface area contributed by atoms with Gasteiger partial charge in [-0.25, -0.2) is 0 Å². The van der Waals surface area contributed by atoms with Gasteiger partial charge in [-0.1, -0.05) is 72.3 Å². The number of allylic oxidation sites excluding steroid dienone is 4. The molecule has 0 fully saturated rings. The van der Waals surface area contributed by atoms with Gasteiger partial charge < -0.3 is 11.5 Å². The lowest BCUT2D eigenvalue weighted by atomic mass is 9.80. The van der Waals surface area contributed by atoms with Crippen molar-refractivity contribution < 1.29 is 0 Å². The molecule has 0 saturated carbocycles. The number of nitrogens with two attached hydrogens (primary N) is 2. The van der Waals surface area contributed by atoms with E-state index in [0.717, 1.165) is 11.1 Å². The minimum absolute atomic E-state index is 0.210. The number of hydrogen-bond donors (Lipinski definition) is 2. The molecule has 0 unspecified atom stereocenters. The van der Waals surface area contributed by atoms with Gasteiger partial charge in [0, 0.05) is 24.9 Å². The van der Waals surface area contributed by atoms with Gasteiger partial charge in [-0.05, 0) is 29.2 Å². The summed E-state index contributed by atoms with van der Waals surface area (Å²) in [5.41, 5.74) is 17.8. The van der Waals surface area contributed by atoms with Crippen LogP contribution in [0.25, 0.3) is 0 Å². The lowest BCUT2D eigenvalue weighted by Crippen LogP contribution is -2.10. The first-order chi connectivity index (χ1) is 11.2. The first kappa shape index (κ1) is 15.7. The van der Waals surface area contributed by atoms with Gasteiger partial charge in [0.1, 0.15) is 0 Å². The van der Waals surface area contributed by atoms with Gasteiger partial charge in [-0.3, -0.25) is 0 Å². The zero-order valence-electron chi connectivity index (χ0n) is 13.5. The third-order valence-electron chi connectivity index (χ3n) is 4.31. The molecule has 0 bridgehead atoms. The van der Waals surface area contributed by atoms with Crippen LogP contribution >= 0.6 is 0 Å². The maximum absolute atomic E-state index is 5.83. The molecule has 0 spiro atoms. The molecule has 23 heavy (non-hydrogen) atoms. The molecule has 1 aliphatic carbocycles. The third kappa shape index (κ3) is 3.44. The molecule has 0 aliphatic heterocycles. The van der Waals surface area contributed by atoms with Crippen molar-refractivity contribution >= 4 is 0 Å². The third-order valence-corrected chi connectivity index (χ3v) is 4.31. The van der Waals surface area contributed by atoms with E-state index in [1.54, 1.807) is 0 Å². The van der Waals surface area contributed by atoms with E-state index >= 15 is 0 Å². The molecule has 2 heteroatoms. The van der Waals surface area contributed by atoms with Gasteiger partial charge in [-0.2, -0.15) is 0 Å². The average molecular weight is 303 g/mol. The standard InChI is InChI=1S/C21H23N2/c1-15-8-9-20(10-15)21(18-6-2-4-16(11-18)13-22)19-7-3-5-17(12-19)14-23/h2-12,21H,13-14,22-23H2,1H3. The summed E-state index contributed by atoms with van der Waals surface area (Å²) in [6.07, 6.45) is 6.64. The van der Waals surface area contributed by atoms with Gasteiger partial charge in [0.25, 0.3) is 0 Å². The molecule has 3 rings (SSSR count). The van der Waals surface area contributed by atoms with Crippen LogP contribution < -0.4 is 11.5 Å².